The van der Waals surface area contributed by atoms with Crippen LogP contribution in [0.1, 0.15) is 63.5 Å². The Labute approximate surface area is 127 Å². The van der Waals surface area contributed by atoms with Crippen LogP contribution < -0.4 is 5.32 Å². The molecule has 0 bridgehead atoms. The standard InChI is InChI=1S/C17H28N2S/c1-2-10-18-16(15-7-13-20-14-15)17(8-3-4-9-17)19-11-5-6-12-19/h7,13-14,16,18H,2-6,8-12H2,1H3. The van der Waals surface area contributed by atoms with E-state index >= 15 is 0 Å². The Morgan fingerprint density at radius 3 is 2.60 bits per heavy atom. The lowest BCUT2D eigenvalue weighted by atomic mass is 9.83. The fourth-order valence-corrected chi connectivity index (χ4v) is 4.97. The van der Waals surface area contributed by atoms with Crippen molar-refractivity contribution in [3.8, 4) is 0 Å². The number of nitrogens with one attached hydrogen (secondary N) is 1. The normalized spacial score (nSPS) is 24.2. The Morgan fingerprint density at radius 2 is 2.00 bits per heavy atom. The van der Waals surface area contributed by atoms with Crippen LogP contribution in [0.25, 0.3) is 0 Å². The number of nitrogens with zero attached hydrogens (tertiary/aromatic N) is 1. The molecule has 2 heterocycles. The smallest absolute Gasteiger partial charge is 0.0515 e. The largest absolute Gasteiger partial charge is 0.308 e. The van der Waals surface area contributed by atoms with Gasteiger partial charge in [-0.15, -0.1) is 0 Å². The van der Waals surface area contributed by atoms with Gasteiger partial charge in [0.05, 0.1) is 6.04 Å². The molecule has 1 aromatic heterocycles. The average Bonchev–Trinajstić information content (AvgIpc) is 3.22. The van der Waals surface area contributed by atoms with Crippen molar-refractivity contribution in [1.82, 2.24) is 10.2 Å². The molecule has 1 saturated carbocycles. The van der Waals surface area contributed by atoms with Gasteiger partial charge in [-0.2, -0.15) is 11.3 Å². The van der Waals surface area contributed by atoms with Gasteiger partial charge in [-0.3, -0.25) is 4.90 Å². The topological polar surface area (TPSA) is 15.3 Å². The first-order valence-electron chi connectivity index (χ1n) is 8.37. The molecule has 3 heteroatoms. The maximum atomic E-state index is 3.90. The minimum absolute atomic E-state index is 0.396. The van der Waals surface area contributed by atoms with Gasteiger partial charge in [0.1, 0.15) is 0 Å². The molecule has 1 saturated heterocycles. The van der Waals surface area contributed by atoms with Gasteiger partial charge in [0.15, 0.2) is 0 Å². The van der Waals surface area contributed by atoms with Crippen LogP contribution in [0.5, 0.6) is 0 Å². The first-order chi connectivity index (χ1) is 9.87. The Hall–Kier alpha value is -0.380. The highest BCUT2D eigenvalue weighted by molar-refractivity contribution is 7.07. The number of thiophene rings is 1. The van der Waals surface area contributed by atoms with Crippen molar-refractivity contribution in [3.05, 3.63) is 22.4 Å². The van der Waals surface area contributed by atoms with Crippen LogP contribution >= 0.6 is 11.3 Å². The molecule has 112 valence electrons. The monoisotopic (exact) mass is 292 g/mol. The third-order valence-corrected chi connectivity index (χ3v) is 5.92. The van der Waals surface area contributed by atoms with Gasteiger partial charge in [-0.25, -0.2) is 0 Å². The molecule has 3 rings (SSSR count). The van der Waals surface area contributed by atoms with Crippen molar-refractivity contribution in [2.45, 2.75) is 63.5 Å². The first kappa shape index (κ1) is 14.6. The van der Waals surface area contributed by atoms with E-state index in [4.69, 9.17) is 0 Å². The molecule has 1 aliphatic heterocycles. The van der Waals surface area contributed by atoms with E-state index in [-0.39, 0.29) is 0 Å². The highest BCUT2D eigenvalue weighted by Gasteiger charge is 2.46. The molecule has 20 heavy (non-hydrogen) atoms. The molecule has 1 aromatic rings. The average molecular weight is 292 g/mol. The van der Waals surface area contributed by atoms with Gasteiger partial charge >= 0.3 is 0 Å². The lowest BCUT2D eigenvalue weighted by molar-refractivity contribution is 0.0765. The van der Waals surface area contributed by atoms with E-state index in [9.17, 15) is 0 Å². The second-order valence-corrected chi connectivity index (χ2v) is 7.23. The van der Waals surface area contributed by atoms with Crippen LogP contribution in [0.2, 0.25) is 0 Å². The second-order valence-electron chi connectivity index (χ2n) is 6.45. The fourth-order valence-electron chi connectivity index (χ4n) is 4.28. The van der Waals surface area contributed by atoms with Gasteiger partial charge in [0.2, 0.25) is 0 Å². The lowest BCUT2D eigenvalue weighted by Crippen LogP contribution is -2.54. The van der Waals surface area contributed by atoms with Gasteiger partial charge in [-0.05, 0) is 74.1 Å². The molecule has 0 spiro atoms. The maximum Gasteiger partial charge on any atom is 0.0515 e. The van der Waals surface area contributed by atoms with Gasteiger partial charge in [0, 0.05) is 5.54 Å². The predicted molar refractivity (Wildman–Crippen MR) is 87.4 cm³/mol. The van der Waals surface area contributed by atoms with Crippen LogP contribution in [0.4, 0.5) is 0 Å². The van der Waals surface area contributed by atoms with Crippen molar-refractivity contribution >= 4 is 11.3 Å². The number of hydrogen-bond donors (Lipinski definition) is 1. The number of rotatable bonds is 6. The van der Waals surface area contributed by atoms with Crippen molar-refractivity contribution in [2.75, 3.05) is 19.6 Å². The zero-order valence-electron chi connectivity index (χ0n) is 12.7. The summed E-state index contributed by atoms with van der Waals surface area (Å²) >= 11 is 1.84. The minimum Gasteiger partial charge on any atom is -0.308 e. The van der Waals surface area contributed by atoms with Crippen LogP contribution in [0.15, 0.2) is 16.8 Å². The summed E-state index contributed by atoms with van der Waals surface area (Å²) in [6, 6.07) is 2.88. The predicted octanol–water partition coefficient (Wildman–Crippen LogP) is 4.20. The van der Waals surface area contributed by atoms with Gasteiger partial charge in [-0.1, -0.05) is 19.8 Å². The molecular formula is C17H28N2S. The second kappa shape index (κ2) is 6.59. The molecule has 2 fully saturated rings. The summed E-state index contributed by atoms with van der Waals surface area (Å²) in [5.41, 5.74) is 1.92. The van der Waals surface area contributed by atoms with Gasteiger partial charge < -0.3 is 5.32 Å². The molecule has 0 amide bonds. The number of likely N-dealkylation sites (tertiary alicyclic amines) is 1. The Kier molecular flexibility index (Phi) is 4.79. The first-order valence-corrected chi connectivity index (χ1v) is 9.31. The molecule has 1 N–H and O–H groups in total. The molecule has 1 atom stereocenters. The van der Waals surface area contributed by atoms with E-state index in [1.807, 2.05) is 11.3 Å². The van der Waals surface area contributed by atoms with Crippen molar-refractivity contribution in [2.24, 2.45) is 0 Å². The van der Waals surface area contributed by atoms with E-state index < -0.39 is 0 Å². The Morgan fingerprint density at radius 1 is 1.25 bits per heavy atom. The quantitative estimate of drug-likeness (QED) is 0.845. The molecule has 2 aliphatic rings. The van der Waals surface area contributed by atoms with E-state index in [0.717, 1.165) is 6.54 Å². The van der Waals surface area contributed by atoms with Crippen LogP contribution in [-0.4, -0.2) is 30.1 Å². The van der Waals surface area contributed by atoms with E-state index in [1.165, 1.54) is 63.6 Å². The summed E-state index contributed by atoms with van der Waals surface area (Å²) in [6.07, 6.45) is 9.58. The summed E-state index contributed by atoms with van der Waals surface area (Å²) < 4.78 is 0. The third kappa shape index (κ3) is 2.68. The van der Waals surface area contributed by atoms with Gasteiger partial charge in [0.25, 0.3) is 0 Å². The summed E-state index contributed by atoms with van der Waals surface area (Å²) in [4.78, 5) is 2.82. The summed E-state index contributed by atoms with van der Waals surface area (Å²) in [6.45, 7) is 6.04. The van der Waals surface area contributed by atoms with E-state index in [2.05, 4.69) is 34.0 Å². The van der Waals surface area contributed by atoms with Crippen LogP contribution in [0, 0.1) is 0 Å². The van der Waals surface area contributed by atoms with Crippen LogP contribution in [0.3, 0.4) is 0 Å². The lowest BCUT2D eigenvalue weighted by Gasteiger charge is -2.45. The summed E-state index contributed by atoms with van der Waals surface area (Å²) in [5, 5.41) is 8.50. The van der Waals surface area contributed by atoms with Crippen LogP contribution in [-0.2, 0) is 0 Å². The van der Waals surface area contributed by atoms with Crippen molar-refractivity contribution in [1.29, 1.82) is 0 Å². The highest BCUT2D eigenvalue weighted by Crippen LogP contribution is 2.46. The van der Waals surface area contributed by atoms with E-state index in [0.29, 0.717) is 11.6 Å². The Bertz CT molecular complexity index is 389. The summed E-state index contributed by atoms with van der Waals surface area (Å²) in [7, 11) is 0. The third-order valence-electron chi connectivity index (χ3n) is 5.22. The zero-order chi connectivity index (χ0) is 13.8. The molecule has 1 aliphatic carbocycles. The maximum absolute atomic E-state index is 3.90. The molecule has 0 radical (unpaired) electrons. The fraction of sp³-hybridized carbons (Fsp3) is 0.765. The SMILES string of the molecule is CCCNC(c1ccsc1)C1(N2CCCC2)CCCC1. The molecule has 2 nitrogen and oxygen atoms in total. The molecular weight excluding hydrogens is 264 g/mol. The van der Waals surface area contributed by atoms with Crippen molar-refractivity contribution in [3.63, 3.8) is 0 Å². The highest BCUT2D eigenvalue weighted by atomic mass is 32.1. The molecule has 0 aromatic carbocycles. The Balaban J connectivity index is 1.88. The summed E-state index contributed by atoms with van der Waals surface area (Å²) in [5.74, 6) is 0. The van der Waals surface area contributed by atoms with Crippen molar-refractivity contribution < 1.29 is 0 Å². The zero-order valence-corrected chi connectivity index (χ0v) is 13.6. The molecule has 1 unspecified atom stereocenters. The minimum atomic E-state index is 0.396. The number of hydrogen-bond acceptors (Lipinski definition) is 3. The van der Waals surface area contributed by atoms with E-state index in [1.54, 1.807) is 0 Å².